The molecule has 0 aliphatic carbocycles. The summed E-state index contributed by atoms with van der Waals surface area (Å²) >= 11 is 0. The van der Waals surface area contributed by atoms with Crippen LogP contribution in [0.4, 0.5) is 0 Å². The molecule has 5 heteroatoms. The van der Waals surface area contributed by atoms with Gasteiger partial charge in [-0.15, -0.1) is 0 Å². The quantitative estimate of drug-likeness (QED) is 0.786. The molecular weight excluding hydrogens is 222 g/mol. The van der Waals surface area contributed by atoms with E-state index in [1.165, 1.54) is 7.11 Å². The van der Waals surface area contributed by atoms with E-state index in [4.69, 9.17) is 9.84 Å². The van der Waals surface area contributed by atoms with Gasteiger partial charge in [0.2, 0.25) is 0 Å². The van der Waals surface area contributed by atoms with Crippen LogP contribution < -0.4 is 0 Å². The fourth-order valence-electron chi connectivity index (χ4n) is 2.13. The third-order valence-corrected chi connectivity index (χ3v) is 3.39. The zero-order valence-electron chi connectivity index (χ0n) is 10.5. The first kappa shape index (κ1) is 14.0. The molecule has 1 amide bonds. The molecule has 1 unspecified atom stereocenters. The minimum Gasteiger partial charge on any atom is -0.481 e. The smallest absolute Gasteiger partial charge is 0.303 e. The van der Waals surface area contributed by atoms with E-state index < -0.39 is 5.97 Å². The van der Waals surface area contributed by atoms with Crippen molar-refractivity contribution in [3.05, 3.63) is 0 Å². The molecule has 17 heavy (non-hydrogen) atoms. The first-order chi connectivity index (χ1) is 8.04. The molecule has 1 saturated heterocycles. The molecule has 0 radical (unpaired) electrons. The van der Waals surface area contributed by atoms with Gasteiger partial charge in [0.25, 0.3) is 5.91 Å². The number of amides is 1. The van der Waals surface area contributed by atoms with Crippen LogP contribution in [-0.4, -0.2) is 48.2 Å². The third-order valence-electron chi connectivity index (χ3n) is 3.39. The lowest BCUT2D eigenvalue weighted by molar-refractivity contribution is -0.143. The number of rotatable bonds is 5. The number of carboxylic acids is 1. The standard InChI is InChI=1S/C12H21NO4/c1-9(17-2)12(16)13-7-5-10(6-8-13)3-4-11(14)15/h9-10H,3-8H2,1-2H3,(H,14,15). The summed E-state index contributed by atoms with van der Waals surface area (Å²) in [5.41, 5.74) is 0. The van der Waals surface area contributed by atoms with Crippen molar-refractivity contribution >= 4 is 11.9 Å². The number of methoxy groups -OCH3 is 1. The van der Waals surface area contributed by atoms with Crippen LogP contribution in [0, 0.1) is 5.92 Å². The lowest BCUT2D eigenvalue weighted by atomic mass is 9.92. The van der Waals surface area contributed by atoms with E-state index in [9.17, 15) is 9.59 Å². The van der Waals surface area contributed by atoms with E-state index in [1.54, 1.807) is 6.92 Å². The third kappa shape index (κ3) is 4.34. The Morgan fingerprint density at radius 2 is 2.00 bits per heavy atom. The maximum absolute atomic E-state index is 11.8. The number of carbonyl (C=O) groups is 2. The molecule has 1 aliphatic rings. The Labute approximate surface area is 102 Å². The Hall–Kier alpha value is -1.10. The van der Waals surface area contributed by atoms with Crippen molar-refractivity contribution in [2.24, 2.45) is 5.92 Å². The Morgan fingerprint density at radius 3 is 2.47 bits per heavy atom. The van der Waals surface area contributed by atoms with Crippen LogP contribution in [0.5, 0.6) is 0 Å². The summed E-state index contributed by atoms with van der Waals surface area (Å²) in [5, 5.41) is 8.61. The topological polar surface area (TPSA) is 66.8 Å². The molecule has 1 rings (SSSR count). The second kappa shape index (κ2) is 6.59. The molecule has 0 saturated carbocycles. The largest absolute Gasteiger partial charge is 0.481 e. The average molecular weight is 243 g/mol. The first-order valence-electron chi connectivity index (χ1n) is 6.08. The summed E-state index contributed by atoms with van der Waals surface area (Å²) in [6.07, 6.45) is 2.36. The van der Waals surface area contributed by atoms with Crippen molar-refractivity contribution in [3.63, 3.8) is 0 Å². The second-order valence-corrected chi connectivity index (χ2v) is 4.58. The van der Waals surface area contributed by atoms with Crippen LogP contribution in [0.15, 0.2) is 0 Å². The molecule has 98 valence electrons. The van der Waals surface area contributed by atoms with Crippen LogP contribution in [0.25, 0.3) is 0 Å². The number of likely N-dealkylation sites (tertiary alicyclic amines) is 1. The van der Waals surface area contributed by atoms with Crippen LogP contribution in [-0.2, 0) is 14.3 Å². The van der Waals surface area contributed by atoms with Gasteiger partial charge in [-0.05, 0) is 32.1 Å². The first-order valence-corrected chi connectivity index (χ1v) is 6.08. The fourth-order valence-corrected chi connectivity index (χ4v) is 2.13. The highest BCUT2D eigenvalue weighted by Crippen LogP contribution is 2.22. The summed E-state index contributed by atoms with van der Waals surface area (Å²) in [4.78, 5) is 24.1. The molecular formula is C12H21NO4. The molecule has 1 atom stereocenters. The molecule has 1 aliphatic heterocycles. The Bertz CT molecular complexity index is 272. The molecule has 1 heterocycles. The number of hydrogen-bond donors (Lipinski definition) is 1. The zero-order chi connectivity index (χ0) is 12.8. The maximum Gasteiger partial charge on any atom is 0.303 e. The molecule has 0 spiro atoms. The molecule has 0 aromatic heterocycles. The van der Waals surface area contributed by atoms with Gasteiger partial charge in [-0.25, -0.2) is 0 Å². The van der Waals surface area contributed by atoms with Crippen molar-refractivity contribution in [2.45, 2.75) is 38.7 Å². The van der Waals surface area contributed by atoms with Crippen LogP contribution in [0.1, 0.15) is 32.6 Å². The van der Waals surface area contributed by atoms with Crippen LogP contribution >= 0.6 is 0 Å². The monoisotopic (exact) mass is 243 g/mol. The predicted molar refractivity (Wildman–Crippen MR) is 62.6 cm³/mol. The van der Waals surface area contributed by atoms with E-state index in [-0.39, 0.29) is 18.4 Å². The molecule has 1 fully saturated rings. The number of carboxylic acid groups (broad SMARTS) is 1. The van der Waals surface area contributed by atoms with Crippen LogP contribution in [0.3, 0.4) is 0 Å². The van der Waals surface area contributed by atoms with Crippen molar-refractivity contribution in [1.29, 1.82) is 0 Å². The van der Waals surface area contributed by atoms with Crippen LogP contribution in [0.2, 0.25) is 0 Å². The van der Waals surface area contributed by atoms with Gasteiger partial charge in [0.05, 0.1) is 0 Å². The van der Waals surface area contributed by atoms with Crippen molar-refractivity contribution in [3.8, 4) is 0 Å². The molecule has 1 N–H and O–H groups in total. The number of ether oxygens (including phenoxy) is 1. The average Bonchev–Trinajstić information content (AvgIpc) is 2.35. The summed E-state index contributed by atoms with van der Waals surface area (Å²) in [7, 11) is 1.53. The SMILES string of the molecule is COC(C)C(=O)N1CCC(CCC(=O)O)CC1. The zero-order valence-corrected chi connectivity index (χ0v) is 10.5. The highest BCUT2D eigenvalue weighted by Gasteiger charge is 2.25. The number of carbonyl (C=O) groups excluding carboxylic acids is 1. The normalized spacial score (nSPS) is 19.1. The minimum atomic E-state index is -0.739. The second-order valence-electron chi connectivity index (χ2n) is 4.58. The van der Waals surface area contributed by atoms with E-state index >= 15 is 0 Å². The fraction of sp³-hybridized carbons (Fsp3) is 0.833. The summed E-state index contributed by atoms with van der Waals surface area (Å²) in [6, 6.07) is 0. The maximum atomic E-state index is 11.8. The molecule has 0 aromatic rings. The molecule has 0 aromatic carbocycles. The Morgan fingerprint density at radius 1 is 1.41 bits per heavy atom. The predicted octanol–water partition coefficient (Wildman–Crippen LogP) is 1.12. The van der Waals surface area contributed by atoms with Gasteiger partial charge in [-0.1, -0.05) is 0 Å². The lowest BCUT2D eigenvalue weighted by Gasteiger charge is -2.33. The van der Waals surface area contributed by atoms with Gasteiger partial charge < -0.3 is 14.7 Å². The van der Waals surface area contributed by atoms with Gasteiger partial charge in [0.1, 0.15) is 6.10 Å². The summed E-state index contributed by atoms with van der Waals surface area (Å²) in [5.74, 6) is -0.270. The molecule has 0 bridgehead atoms. The van der Waals surface area contributed by atoms with Gasteiger partial charge >= 0.3 is 5.97 Å². The van der Waals surface area contributed by atoms with Gasteiger partial charge in [-0.3, -0.25) is 9.59 Å². The summed E-state index contributed by atoms with van der Waals surface area (Å²) < 4.78 is 5.00. The highest BCUT2D eigenvalue weighted by atomic mass is 16.5. The van der Waals surface area contributed by atoms with Gasteiger partial charge in [-0.2, -0.15) is 0 Å². The summed E-state index contributed by atoms with van der Waals surface area (Å²) in [6.45, 7) is 3.19. The minimum absolute atomic E-state index is 0.0317. The van der Waals surface area contributed by atoms with Gasteiger partial charge in [0.15, 0.2) is 0 Å². The number of hydrogen-bond acceptors (Lipinski definition) is 3. The van der Waals surface area contributed by atoms with Gasteiger partial charge in [0, 0.05) is 26.6 Å². The van der Waals surface area contributed by atoms with E-state index in [2.05, 4.69) is 0 Å². The number of aliphatic carboxylic acids is 1. The lowest BCUT2D eigenvalue weighted by Crippen LogP contribution is -2.43. The number of nitrogens with zero attached hydrogens (tertiary/aromatic N) is 1. The molecule has 5 nitrogen and oxygen atoms in total. The Kier molecular flexibility index (Phi) is 5.41. The van der Waals surface area contributed by atoms with Crippen molar-refractivity contribution < 1.29 is 19.4 Å². The van der Waals surface area contributed by atoms with Crippen molar-refractivity contribution in [1.82, 2.24) is 4.90 Å². The number of piperidine rings is 1. The van der Waals surface area contributed by atoms with E-state index in [1.807, 2.05) is 4.90 Å². The van der Waals surface area contributed by atoms with E-state index in [0.717, 1.165) is 32.4 Å². The Balaban J connectivity index is 2.30. The highest BCUT2D eigenvalue weighted by molar-refractivity contribution is 5.80. The van der Waals surface area contributed by atoms with E-state index in [0.29, 0.717) is 5.92 Å². The van der Waals surface area contributed by atoms with Crippen molar-refractivity contribution in [2.75, 3.05) is 20.2 Å².